The highest BCUT2D eigenvalue weighted by molar-refractivity contribution is 5.63. The first kappa shape index (κ1) is 13.5. The number of aliphatic hydroxyl groups is 1. The minimum atomic E-state index is -0.113. The van der Waals surface area contributed by atoms with Crippen LogP contribution in [0.3, 0.4) is 0 Å². The lowest BCUT2D eigenvalue weighted by Crippen LogP contribution is -2.04. The standard InChI is InChI=1S/C15H19N3O/c1-10(2)8-18-15(14(9-19)16-17-18)13-6-5-11(3)12(4)7-13/h5-7,19H,1,8-9H2,2-4H3. The minimum Gasteiger partial charge on any atom is -0.390 e. The molecule has 1 heterocycles. The summed E-state index contributed by atoms with van der Waals surface area (Å²) in [5, 5.41) is 17.6. The highest BCUT2D eigenvalue weighted by Crippen LogP contribution is 2.25. The molecule has 4 nitrogen and oxygen atoms in total. The molecule has 0 bridgehead atoms. The average molecular weight is 257 g/mol. The Kier molecular flexibility index (Phi) is 3.81. The molecule has 0 saturated heterocycles. The van der Waals surface area contributed by atoms with Crippen LogP contribution in [0, 0.1) is 13.8 Å². The van der Waals surface area contributed by atoms with Gasteiger partial charge in [-0.3, -0.25) is 0 Å². The van der Waals surface area contributed by atoms with E-state index in [4.69, 9.17) is 0 Å². The first-order chi connectivity index (χ1) is 9.02. The lowest BCUT2D eigenvalue weighted by Gasteiger charge is -2.09. The number of aliphatic hydroxyl groups excluding tert-OH is 1. The molecule has 19 heavy (non-hydrogen) atoms. The van der Waals surface area contributed by atoms with E-state index in [0.717, 1.165) is 16.8 Å². The molecular weight excluding hydrogens is 238 g/mol. The molecule has 0 amide bonds. The average Bonchev–Trinajstić information content (AvgIpc) is 2.74. The number of allylic oxidation sites excluding steroid dienone is 1. The van der Waals surface area contributed by atoms with E-state index in [2.05, 4.69) is 42.9 Å². The molecule has 0 fully saturated rings. The Balaban J connectivity index is 2.54. The van der Waals surface area contributed by atoms with Gasteiger partial charge in [0, 0.05) is 5.56 Å². The fraction of sp³-hybridized carbons (Fsp3) is 0.333. The third kappa shape index (κ3) is 2.74. The number of rotatable bonds is 4. The van der Waals surface area contributed by atoms with Crippen LogP contribution in [0.2, 0.25) is 0 Å². The summed E-state index contributed by atoms with van der Waals surface area (Å²) in [6, 6.07) is 6.21. The highest BCUT2D eigenvalue weighted by atomic mass is 16.3. The molecule has 100 valence electrons. The van der Waals surface area contributed by atoms with Crippen molar-refractivity contribution in [1.82, 2.24) is 15.0 Å². The second kappa shape index (κ2) is 5.36. The van der Waals surface area contributed by atoms with E-state index in [1.54, 1.807) is 4.68 Å². The monoisotopic (exact) mass is 257 g/mol. The molecule has 0 saturated carbocycles. The van der Waals surface area contributed by atoms with Gasteiger partial charge in [0.15, 0.2) is 0 Å². The molecule has 1 aromatic carbocycles. The molecule has 0 aliphatic heterocycles. The van der Waals surface area contributed by atoms with Crippen molar-refractivity contribution >= 4 is 0 Å². The molecule has 1 aromatic heterocycles. The molecular formula is C15H19N3O. The van der Waals surface area contributed by atoms with Crippen LogP contribution >= 0.6 is 0 Å². The molecule has 2 aromatic rings. The zero-order chi connectivity index (χ0) is 14.0. The molecule has 0 aliphatic rings. The SMILES string of the molecule is C=C(C)Cn1nnc(CO)c1-c1ccc(C)c(C)c1. The topological polar surface area (TPSA) is 50.9 Å². The van der Waals surface area contributed by atoms with Crippen LogP contribution in [0.25, 0.3) is 11.3 Å². The van der Waals surface area contributed by atoms with Crippen LogP contribution in [-0.2, 0) is 13.2 Å². The first-order valence-corrected chi connectivity index (χ1v) is 6.28. The molecule has 0 unspecified atom stereocenters. The predicted octanol–water partition coefficient (Wildman–Crippen LogP) is 2.63. The van der Waals surface area contributed by atoms with Crippen LogP contribution < -0.4 is 0 Å². The van der Waals surface area contributed by atoms with Gasteiger partial charge in [0.1, 0.15) is 5.69 Å². The maximum Gasteiger partial charge on any atom is 0.116 e. The van der Waals surface area contributed by atoms with Gasteiger partial charge in [-0.2, -0.15) is 0 Å². The Bertz CT molecular complexity index is 614. The zero-order valence-corrected chi connectivity index (χ0v) is 11.6. The van der Waals surface area contributed by atoms with Crippen LogP contribution in [0.4, 0.5) is 0 Å². The molecule has 0 spiro atoms. The number of hydrogen-bond donors (Lipinski definition) is 1. The molecule has 0 atom stereocenters. The van der Waals surface area contributed by atoms with Gasteiger partial charge < -0.3 is 5.11 Å². The summed E-state index contributed by atoms with van der Waals surface area (Å²) >= 11 is 0. The summed E-state index contributed by atoms with van der Waals surface area (Å²) in [4.78, 5) is 0. The van der Waals surface area contributed by atoms with Gasteiger partial charge in [-0.25, -0.2) is 4.68 Å². The van der Waals surface area contributed by atoms with E-state index in [1.807, 2.05) is 13.0 Å². The summed E-state index contributed by atoms with van der Waals surface area (Å²) in [6.45, 7) is 10.5. The van der Waals surface area contributed by atoms with Crippen LogP contribution in [0.1, 0.15) is 23.7 Å². The summed E-state index contributed by atoms with van der Waals surface area (Å²) in [7, 11) is 0. The Morgan fingerprint density at radius 2 is 2.05 bits per heavy atom. The van der Waals surface area contributed by atoms with Gasteiger partial charge >= 0.3 is 0 Å². The molecule has 0 aliphatic carbocycles. The van der Waals surface area contributed by atoms with Gasteiger partial charge in [-0.05, 0) is 38.0 Å². The molecule has 0 radical (unpaired) electrons. The minimum absolute atomic E-state index is 0.113. The quantitative estimate of drug-likeness (QED) is 0.857. The van der Waals surface area contributed by atoms with E-state index in [0.29, 0.717) is 12.2 Å². The summed E-state index contributed by atoms with van der Waals surface area (Å²) in [5.74, 6) is 0. The van der Waals surface area contributed by atoms with Gasteiger partial charge in [0.2, 0.25) is 0 Å². The zero-order valence-electron chi connectivity index (χ0n) is 11.6. The number of aromatic nitrogens is 3. The van der Waals surface area contributed by atoms with Crippen LogP contribution in [0.15, 0.2) is 30.4 Å². The van der Waals surface area contributed by atoms with Crippen molar-refractivity contribution in [3.8, 4) is 11.3 Å². The number of benzene rings is 1. The Morgan fingerprint density at radius 1 is 1.32 bits per heavy atom. The van der Waals surface area contributed by atoms with Crippen molar-refractivity contribution in [1.29, 1.82) is 0 Å². The Hall–Kier alpha value is -1.94. The Labute approximate surface area is 113 Å². The first-order valence-electron chi connectivity index (χ1n) is 6.28. The molecule has 2 rings (SSSR count). The van der Waals surface area contributed by atoms with Crippen LogP contribution in [-0.4, -0.2) is 20.1 Å². The van der Waals surface area contributed by atoms with Gasteiger partial charge in [-0.15, -0.1) is 5.10 Å². The molecule has 4 heteroatoms. The maximum atomic E-state index is 9.41. The molecule has 1 N–H and O–H groups in total. The summed E-state index contributed by atoms with van der Waals surface area (Å²) in [5.41, 5.74) is 5.95. The third-order valence-corrected chi connectivity index (χ3v) is 3.15. The van der Waals surface area contributed by atoms with E-state index in [1.165, 1.54) is 11.1 Å². The fourth-order valence-electron chi connectivity index (χ4n) is 2.03. The van der Waals surface area contributed by atoms with Crippen molar-refractivity contribution in [2.24, 2.45) is 0 Å². The summed E-state index contributed by atoms with van der Waals surface area (Å²) < 4.78 is 1.79. The van der Waals surface area contributed by atoms with E-state index in [-0.39, 0.29) is 6.61 Å². The normalized spacial score (nSPS) is 10.7. The number of hydrogen-bond acceptors (Lipinski definition) is 3. The smallest absolute Gasteiger partial charge is 0.116 e. The fourth-order valence-corrected chi connectivity index (χ4v) is 2.03. The van der Waals surface area contributed by atoms with Crippen molar-refractivity contribution in [2.75, 3.05) is 0 Å². The van der Waals surface area contributed by atoms with Gasteiger partial charge in [-0.1, -0.05) is 29.5 Å². The lowest BCUT2D eigenvalue weighted by molar-refractivity contribution is 0.277. The number of nitrogens with zero attached hydrogens (tertiary/aromatic N) is 3. The van der Waals surface area contributed by atoms with E-state index < -0.39 is 0 Å². The highest BCUT2D eigenvalue weighted by Gasteiger charge is 2.14. The number of aryl methyl sites for hydroxylation is 2. The van der Waals surface area contributed by atoms with Crippen molar-refractivity contribution in [3.05, 3.63) is 47.2 Å². The maximum absolute atomic E-state index is 9.41. The Morgan fingerprint density at radius 3 is 2.63 bits per heavy atom. The second-order valence-electron chi connectivity index (χ2n) is 4.96. The lowest BCUT2D eigenvalue weighted by atomic mass is 10.0. The summed E-state index contributed by atoms with van der Waals surface area (Å²) in [6.07, 6.45) is 0. The van der Waals surface area contributed by atoms with E-state index >= 15 is 0 Å². The third-order valence-electron chi connectivity index (χ3n) is 3.15. The van der Waals surface area contributed by atoms with Gasteiger partial charge in [0.05, 0.1) is 18.8 Å². The van der Waals surface area contributed by atoms with E-state index in [9.17, 15) is 5.11 Å². The predicted molar refractivity (Wildman–Crippen MR) is 75.7 cm³/mol. The van der Waals surface area contributed by atoms with Crippen molar-refractivity contribution < 1.29 is 5.11 Å². The van der Waals surface area contributed by atoms with Crippen molar-refractivity contribution in [3.63, 3.8) is 0 Å². The van der Waals surface area contributed by atoms with Crippen molar-refractivity contribution in [2.45, 2.75) is 33.9 Å². The largest absolute Gasteiger partial charge is 0.390 e. The van der Waals surface area contributed by atoms with Gasteiger partial charge in [0.25, 0.3) is 0 Å². The second-order valence-corrected chi connectivity index (χ2v) is 4.96. The van der Waals surface area contributed by atoms with Crippen LogP contribution in [0.5, 0.6) is 0 Å².